The van der Waals surface area contributed by atoms with E-state index in [1.807, 2.05) is 0 Å². The van der Waals surface area contributed by atoms with Crippen molar-refractivity contribution in [2.24, 2.45) is 5.92 Å². The third-order valence-electron chi connectivity index (χ3n) is 3.50. The maximum Gasteiger partial charge on any atom is 0.310 e. The zero-order chi connectivity index (χ0) is 15.4. The van der Waals surface area contributed by atoms with Crippen molar-refractivity contribution in [2.75, 3.05) is 19.7 Å². The van der Waals surface area contributed by atoms with Crippen molar-refractivity contribution >= 4 is 35.1 Å². The lowest BCUT2D eigenvalue weighted by Crippen LogP contribution is -2.42. The SMILES string of the molecule is CCOC(=O)[C@@H]1CCCN(C(=O)c2ccc(Cl)c(Cl)c2)C1. The lowest BCUT2D eigenvalue weighted by atomic mass is 9.97. The van der Waals surface area contributed by atoms with Crippen molar-refractivity contribution < 1.29 is 14.3 Å². The summed E-state index contributed by atoms with van der Waals surface area (Å²) in [4.78, 5) is 25.9. The maximum absolute atomic E-state index is 12.5. The molecule has 0 spiro atoms. The number of likely N-dealkylation sites (tertiary alicyclic amines) is 1. The monoisotopic (exact) mass is 329 g/mol. The Labute approximate surface area is 134 Å². The number of piperidine rings is 1. The molecule has 1 heterocycles. The van der Waals surface area contributed by atoms with Crippen LogP contribution in [0.5, 0.6) is 0 Å². The zero-order valence-corrected chi connectivity index (χ0v) is 13.3. The number of nitrogens with zero attached hydrogens (tertiary/aromatic N) is 1. The lowest BCUT2D eigenvalue weighted by molar-refractivity contribution is -0.149. The summed E-state index contributed by atoms with van der Waals surface area (Å²) < 4.78 is 5.03. The summed E-state index contributed by atoms with van der Waals surface area (Å²) in [6.45, 7) is 3.16. The first kappa shape index (κ1) is 16.1. The van der Waals surface area contributed by atoms with E-state index in [1.165, 1.54) is 0 Å². The van der Waals surface area contributed by atoms with Gasteiger partial charge in [-0.3, -0.25) is 9.59 Å². The highest BCUT2D eigenvalue weighted by Crippen LogP contribution is 2.25. The molecule has 1 aliphatic rings. The second kappa shape index (κ2) is 7.14. The van der Waals surface area contributed by atoms with Gasteiger partial charge in [0, 0.05) is 18.7 Å². The Kier molecular flexibility index (Phi) is 5.48. The van der Waals surface area contributed by atoms with Crippen molar-refractivity contribution in [1.29, 1.82) is 0 Å². The highest BCUT2D eigenvalue weighted by molar-refractivity contribution is 6.42. The fourth-order valence-electron chi connectivity index (χ4n) is 2.43. The molecule has 0 aliphatic carbocycles. The molecule has 4 nitrogen and oxygen atoms in total. The van der Waals surface area contributed by atoms with Gasteiger partial charge in [-0.05, 0) is 38.0 Å². The summed E-state index contributed by atoms with van der Waals surface area (Å²) in [5.41, 5.74) is 0.480. The molecule has 0 saturated carbocycles. The van der Waals surface area contributed by atoms with E-state index in [9.17, 15) is 9.59 Å². The molecule has 0 N–H and O–H groups in total. The number of rotatable bonds is 3. The van der Waals surface area contributed by atoms with E-state index in [-0.39, 0.29) is 17.8 Å². The first-order chi connectivity index (χ1) is 10.0. The van der Waals surface area contributed by atoms with Crippen molar-refractivity contribution in [2.45, 2.75) is 19.8 Å². The molecule has 0 aromatic heterocycles. The normalized spacial score (nSPS) is 18.4. The Bertz CT molecular complexity index is 548. The largest absolute Gasteiger partial charge is 0.466 e. The molecule has 114 valence electrons. The predicted octanol–water partition coefficient (Wildman–Crippen LogP) is 3.41. The van der Waals surface area contributed by atoms with Crippen LogP contribution in [-0.2, 0) is 9.53 Å². The first-order valence-corrected chi connectivity index (χ1v) is 7.69. The second-order valence-corrected chi connectivity index (χ2v) is 5.79. The van der Waals surface area contributed by atoms with E-state index in [4.69, 9.17) is 27.9 Å². The van der Waals surface area contributed by atoms with Crippen LogP contribution in [0.3, 0.4) is 0 Å². The van der Waals surface area contributed by atoms with Gasteiger partial charge in [0.05, 0.1) is 22.6 Å². The van der Waals surface area contributed by atoms with Crippen molar-refractivity contribution in [3.63, 3.8) is 0 Å². The van der Waals surface area contributed by atoms with Crippen molar-refractivity contribution in [3.05, 3.63) is 33.8 Å². The molecule has 1 amide bonds. The van der Waals surface area contributed by atoms with E-state index in [0.29, 0.717) is 35.3 Å². The molecule has 1 aromatic rings. The maximum atomic E-state index is 12.5. The van der Waals surface area contributed by atoms with Crippen LogP contribution in [0.1, 0.15) is 30.1 Å². The molecule has 0 bridgehead atoms. The minimum absolute atomic E-state index is 0.137. The lowest BCUT2D eigenvalue weighted by Gasteiger charge is -2.31. The second-order valence-electron chi connectivity index (χ2n) is 4.97. The van der Waals surface area contributed by atoms with E-state index in [0.717, 1.165) is 12.8 Å². The van der Waals surface area contributed by atoms with Crippen LogP contribution >= 0.6 is 23.2 Å². The summed E-state index contributed by atoms with van der Waals surface area (Å²) in [5.74, 6) is -0.614. The van der Waals surface area contributed by atoms with E-state index in [2.05, 4.69) is 0 Å². The van der Waals surface area contributed by atoms with E-state index in [1.54, 1.807) is 30.0 Å². The molecule has 2 rings (SSSR count). The first-order valence-electron chi connectivity index (χ1n) is 6.94. The van der Waals surface area contributed by atoms with Crippen molar-refractivity contribution in [1.82, 2.24) is 4.90 Å². The standard InChI is InChI=1S/C15H17Cl2NO3/c1-2-21-15(20)11-4-3-7-18(9-11)14(19)10-5-6-12(16)13(17)8-10/h5-6,8,11H,2-4,7,9H2,1H3/t11-/m1/s1. The van der Waals surface area contributed by atoms with E-state index < -0.39 is 0 Å². The number of ether oxygens (including phenoxy) is 1. The molecule has 6 heteroatoms. The highest BCUT2D eigenvalue weighted by Gasteiger charge is 2.29. The molecule has 1 fully saturated rings. The van der Waals surface area contributed by atoms with Crippen LogP contribution in [0.2, 0.25) is 10.0 Å². The van der Waals surface area contributed by atoms with Gasteiger partial charge in [0.2, 0.25) is 0 Å². The predicted molar refractivity (Wildman–Crippen MR) is 81.7 cm³/mol. The number of halogens is 2. The van der Waals surface area contributed by atoms with Gasteiger partial charge in [-0.2, -0.15) is 0 Å². The van der Waals surface area contributed by atoms with E-state index >= 15 is 0 Å². The molecular weight excluding hydrogens is 313 g/mol. The fraction of sp³-hybridized carbons (Fsp3) is 0.467. The van der Waals surface area contributed by atoms with Crippen LogP contribution in [-0.4, -0.2) is 36.5 Å². The summed E-state index contributed by atoms with van der Waals surface area (Å²) in [7, 11) is 0. The molecule has 21 heavy (non-hydrogen) atoms. The third-order valence-corrected chi connectivity index (χ3v) is 4.23. The van der Waals surface area contributed by atoms with Crippen molar-refractivity contribution in [3.8, 4) is 0 Å². The van der Waals surface area contributed by atoms with Gasteiger partial charge in [-0.25, -0.2) is 0 Å². The summed E-state index contributed by atoms with van der Waals surface area (Å²) in [6, 6.07) is 4.80. The van der Waals surface area contributed by atoms with Crippen LogP contribution in [0.15, 0.2) is 18.2 Å². The van der Waals surface area contributed by atoms with Gasteiger partial charge in [0.1, 0.15) is 0 Å². The number of amides is 1. The molecule has 1 atom stereocenters. The Morgan fingerprint density at radius 2 is 2.10 bits per heavy atom. The summed E-state index contributed by atoms with van der Waals surface area (Å²) in [6.07, 6.45) is 1.54. The van der Waals surface area contributed by atoms with Gasteiger partial charge < -0.3 is 9.64 Å². The van der Waals surface area contributed by atoms with Gasteiger partial charge >= 0.3 is 5.97 Å². The Morgan fingerprint density at radius 3 is 2.76 bits per heavy atom. The van der Waals surface area contributed by atoms with Gasteiger partial charge in [0.25, 0.3) is 5.91 Å². The summed E-state index contributed by atoms with van der Waals surface area (Å²) >= 11 is 11.8. The van der Waals surface area contributed by atoms with Crippen LogP contribution in [0.25, 0.3) is 0 Å². The topological polar surface area (TPSA) is 46.6 Å². The number of carbonyl (C=O) groups excluding carboxylic acids is 2. The molecule has 0 unspecified atom stereocenters. The average molecular weight is 330 g/mol. The third kappa shape index (κ3) is 3.89. The zero-order valence-electron chi connectivity index (χ0n) is 11.8. The average Bonchev–Trinajstić information content (AvgIpc) is 2.49. The Morgan fingerprint density at radius 1 is 1.33 bits per heavy atom. The fourth-order valence-corrected chi connectivity index (χ4v) is 2.72. The number of hydrogen-bond donors (Lipinski definition) is 0. The minimum Gasteiger partial charge on any atom is -0.466 e. The molecule has 1 aliphatic heterocycles. The Hall–Kier alpha value is -1.26. The van der Waals surface area contributed by atoms with Crippen LogP contribution < -0.4 is 0 Å². The van der Waals surface area contributed by atoms with Gasteiger partial charge in [0.15, 0.2) is 0 Å². The minimum atomic E-state index is -0.245. The molecule has 1 aromatic carbocycles. The molecular formula is C15H17Cl2NO3. The number of hydrogen-bond acceptors (Lipinski definition) is 3. The van der Waals surface area contributed by atoms with Crippen LogP contribution in [0.4, 0.5) is 0 Å². The Balaban J connectivity index is 2.08. The highest BCUT2D eigenvalue weighted by atomic mass is 35.5. The smallest absolute Gasteiger partial charge is 0.310 e. The number of benzene rings is 1. The molecule has 0 radical (unpaired) electrons. The van der Waals surface area contributed by atoms with Gasteiger partial charge in [-0.1, -0.05) is 23.2 Å². The number of esters is 1. The quantitative estimate of drug-likeness (QED) is 0.798. The van der Waals surface area contributed by atoms with Crippen LogP contribution in [0, 0.1) is 5.92 Å². The summed E-state index contributed by atoms with van der Waals surface area (Å²) in [5, 5.41) is 0.762. The number of carbonyl (C=O) groups is 2. The van der Waals surface area contributed by atoms with Gasteiger partial charge in [-0.15, -0.1) is 0 Å². The molecule has 1 saturated heterocycles.